The summed E-state index contributed by atoms with van der Waals surface area (Å²) < 4.78 is 22.7. The van der Waals surface area contributed by atoms with Gasteiger partial charge in [0.15, 0.2) is 11.2 Å². The van der Waals surface area contributed by atoms with Gasteiger partial charge in [0.2, 0.25) is 0 Å². The molecule has 50 heavy (non-hydrogen) atoms. The van der Waals surface area contributed by atoms with E-state index in [4.69, 9.17) is 8.83 Å². The smallest absolute Gasteiger partial charge is 0.159 e. The molecule has 13 aromatic rings. The summed E-state index contributed by atoms with van der Waals surface area (Å²) in [4.78, 5) is 0. The van der Waals surface area contributed by atoms with Crippen molar-refractivity contribution in [3.05, 3.63) is 146 Å². The van der Waals surface area contributed by atoms with Crippen molar-refractivity contribution in [1.82, 2.24) is 17.6 Å². The molecule has 0 saturated heterocycles. The molecule has 10 bridgehead atoms. The predicted octanol–water partition coefficient (Wildman–Crippen LogP) is 11.7. The minimum Gasteiger partial charge on any atom is -0.454 e. The fourth-order valence-electron chi connectivity index (χ4n) is 8.74. The summed E-state index contributed by atoms with van der Waals surface area (Å²) in [5, 5.41) is 9.04. The Kier molecular flexibility index (Phi) is 4.30. The first kappa shape index (κ1) is 25.1. The van der Waals surface area contributed by atoms with Gasteiger partial charge in [0, 0.05) is 78.9 Å². The average Bonchev–Trinajstić information content (AvgIpc) is 4.00. The first-order chi connectivity index (χ1) is 24.8. The van der Waals surface area contributed by atoms with E-state index < -0.39 is 0 Å². The molecule has 7 heterocycles. The molecule has 0 unspecified atom stereocenters. The highest BCUT2D eigenvalue weighted by molar-refractivity contribution is 6.15. The molecule has 0 atom stereocenters. The second-order valence-electron chi connectivity index (χ2n) is 13.5. The van der Waals surface area contributed by atoms with Crippen molar-refractivity contribution >= 4 is 110 Å². The van der Waals surface area contributed by atoms with Gasteiger partial charge in [-0.2, -0.15) is 0 Å². The van der Waals surface area contributed by atoms with Gasteiger partial charge in [0.25, 0.3) is 0 Å². The van der Waals surface area contributed by atoms with Crippen molar-refractivity contribution in [2.75, 3.05) is 0 Å². The van der Waals surface area contributed by atoms with Crippen LogP contribution in [0.2, 0.25) is 0 Å². The van der Waals surface area contributed by atoms with Gasteiger partial charge >= 0.3 is 0 Å². The van der Waals surface area contributed by atoms with Gasteiger partial charge in [-0.1, -0.05) is 48.5 Å². The fourth-order valence-corrected chi connectivity index (χ4v) is 8.74. The van der Waals surface area contributed by atoms with Gasteiger partial charge < -0.3 is 26.4 Å². The topological polar surface area (TPSA) is 43.9 Å². The Balaban J connectivity index is 1.35. The van der Waals surface area contributed by atoms with Crippen LogP contribution < -0.4 is 0 Å². The molecule has 0 aliphatic heterocycles. The summed E-state index contributed by atoms with van der Waals surface area (Å²) >= 11 is 0. The number of benzene rings is 6. The molecule has 0 aliphatic rings. The highest BCUT2D eigenvalue weighted by Crippen LogP contribution is 2.38. The van der Waals surface area contributed by atoms with Crippen LogP contribution in [0, 0.1) is 0 Å². The van der Waals surface area contributed by atoms with Crippen LogP contribution in [0.1, 0.15) is 0 Å². The van der Waals surface area contributed by atoms with Crippen LogP contribution in [0.4, 0.5) is 0 Å². The van der Waals surface area contributed by atoms with Crippen molar-refractivity contribution < 1.29 is 8.83 Å². The van der Waals surface area contributed by atoms with E-state index in [0.717, 1.165) is 98.8 Å². The second-order valence-corrected chi connectivity index (χ2v) is 13.5. The highest BCUT2D eigenvalue weighted by atomic mass is 16.3. The zero-order chi connectivity index (χ0) is 32.2. The molecule has 0 aliphatic carbocycles. The third kappa shape index (κ3) is 2.97. The van der Waals surface area contributed by atoms with E-state index >= 15 is 0 Å². The minimum atomic E-state index is 0.865. The van der Waals surface area contributed by atoms with Gasteiger partial charge in [-0.25, -0.2) is 0 Å². The normalized spacial score (nSPS) is 12.8. The number of aromatic nitrogens is 4. The maximum atomic E-state index is 6.74. The summed E-state index contributed by atoms with van der Waals surface area (Å²) in [6.45, 7) is 0. The molecule has 0 N–H and O–H groups in total. The van der Waals surface area contributed by atoms with Crippen LogP contribution in [0.5, 0.6) is 0 Å². The Morgan fingerprint density at radius 2 is 0.740 bits per heavy atom. The van der Waals surface area contributed by atoms with E-state index in [1.54, 1.807) is 0 Å². The summed E-state index contributed by atoms with van der Waals surface area (Å²) in [5.74, 6) is 0. The Morgan fingerprint density at radius 1 is 0.340 bits per heavy atom. The molecule has 7 aromatic heterocycles. The van der Waals surface area contributed by atoms with Crippen LogP contribution in [0.25, 0.3) is 110 Å². The van der Waals surface area contributed by atoms with Gasteiger partial charge in [-0.3, -0.25) is 0 Å². The lowest BCUT2D eigenvalue weighted by Gasteiger charge is -2.04. The number of para-hydroxylation sites is 2. The molecule has 13 rings (SSSR count). The summed E-state index contributed by atoms with van der Waals surface area (Å²) in [5.41, 5.74) is 12.2. The van der Waals surface area contributed by atoms with Crippen LogP contribution in [-0.4, -0.2) is 17.6 Å². The summed E-state index contributed by atoms with van der Waals surface area (Å²) in [6.07, 6.45) is 8.69. The van der Waals surface area contributed by atoms with E-state index in [2.05, 4.69) is 164 Å². The van der Waals surface area contributed by atoms with Crippen molar-refractivity contribution in [2.24, 2.45) is 0 Å². The molecule has 0 fully saturated rings. The van der Waals surface area contributed by atoms with E-state index in [1.165, 1.54) is 10.8 Å². The Hall–Kier alpha value is -6.92. The first-order valence-corrected chi connectivity index (χ1v) is 16.9. The van der Waals surface area contributed by atoms with Crippen molar-refractivity contribution in [1.29, 1.82) is 0 Å². The van der Waals surface area contributed by atoms with E-state index in [1.807, 2.05) is 0 Å². The zero-order valence-corrected chi connectivity index (χ0v) is 26.5. The molecular weight excluding hydrogens is 617 g/mol. The van der Waals surface area contributed by atoms with Crippen LogP contribution in [0.15, 0.2) is 155 Å². The van der Waals surface area contributed by atoms with Gasteiger partial charge in [-0.15, -0.1) is 0 Å². The number of rotatable bonds is 0. The molecule has 6 nitrogen and oxygen atoms in total. The quantitative estimate of drug-likeness (QED) is 0.166. The molecule has 0 amide bonds. The number of nitrogens with zero attached hydrogens (tertiary/aromatic N) is 4. The lowest BCUT2D eigenvalue weighted by molar-refractivity contribution is 0.670. The molecule has 0 spiro atoms. The summed E-state index contributed by atoms with van der Waals surface area (Å²) in [7, 11) is 0. The molecule has 6 aromatic carbocycles. The SMILES string of the molecule is c1cc2c3cc4ccc3oc2c(c1)n1ccc2ccc3ccn(c5cccc6c7cc(ccc7oc65)n5ccc6ccc7ccn4c7c65)c3c21. The molecule has 0 saturated carbocycles. The third-order valence-corrected chi connectivity index (χ3v) is 11.0. The van der Waals surface area contributed by atoms with E-state index in [-0.39, 0.29) is 0 Å². The zero-order valence-electron chi connectivity index (χ0n) is 26.5. The van der Waals surface area contributed by atoms with E-state index in [9.17, 15) is 0 Å². The largest absolute Gasteiger partial charge is 0.454 e. The average molecular weight is 641 g/mol. The molecule has 0 radical (unpaired) electrons. The second kappa shape index (κ2) is 8.56. The lowest BCUT2D eigenvalue weighted by Crippen LogP contribution is -1.89. The Morgan fingerprint density at radius 3 is 1.18 bits per heavy atom. The van der Waals surface area contributed by atoms with Crippen LogP contribution in [-0.2, 0) is 0 Å². The molecule has 232 valence electrons. The Bertz CT molecular complexity index is 3430. The van der Waals surface area contributed by atoms with Crippen LogP contribution >= 0.6 is 0 Å². The number of furan rings is 2. The van der Waals surface area contributed by atoms with Crippen molar-refractivity contribution in [2.45, 2.75) is 0 Å². The standard InChI is InChI=1S/C44H24N4O2/c1-3-31-33-23-29-11-13-37(33)49-43(31)35(5-1)47-21-17-27-9-10-28-18-22-48(42(28)41(27)47)36-6-2-4-32-34-24-30(12-14-38(34)50-44(32)36)46-20-16-26-8-7-25-15-19-45(29)39(25)40(26)46/h1-24H. The van der Waals surface area contributed by atoms with E-state index in [0.29, 0.717) is 0 Å². The van der Waals surface area contributed by atoms with Crippen LogP contribution in [0.3, 0.4) is 0 Å². The summed E-state index contributed by atoms with van der Waals surface area (Å²) in [6, 6.07) is 43.7. The minimum absolute atomic E-state index is 0.865. The first-order valence-electron chi connectivity index (χ1n) is 16.9. The fraction of sp³-hybridized carbons (Fsp3) is 0. The van der Waals surface area contributed by atoms with Gasteiger partial charge in [-0.05, 0) is 72.8 Å². The van der Waals surface area contributed by atoms with Crippen molar-refractivity contribution in [3.8, 4) is 0 Å². The number of fused-ring (bicyclic) bond motifs is 6. The highest BCUT2D eigenvalue weighted by Gasteiger charge is 2.17. The third-order valence-electron chi connectivity index (χ3n) is 11.0. The number of hydrogen-bond donors (Lipinski definition) is 0. The van der Waals surface area contributed by atoms with Gasteiger partial charge in [0.05, 0.1) is 33.1 Å². The predicted molar refractivity (Wildman–Crippen MR) is 204 cm³/mol. The molecular formula is C44H24N4O2. The Labute approximate surface area is 281 Å². The van der Waals surface area contributed by atoms with Crippen molar-refractivity contribution in [3.63, 3.8) is 0 Å². The molecule has 6 heteroatoms. The monoisotopic (exact) mass is 640 g/mol. The maximum Gasteiger partial charge on any atom is 0.159 e. The van der Waals surface area contributed by atoms with Gasteiger partial charge in [0.1, 0.15) is 11.2 Å². The number of hydrogen-bond acceptors (Lipinski definition) is 2. The maximum absolute atomic E-state index is 6.74. The lowest BCUT2D eigenvalue weighted by atomic mass is 10.1.